The molecule has 140 valence electrons. The zero-order chi connectivity index (χ0) is 20.2. The van der Waals surface area contributed by atoms with Gasteiger partial charge in [0.1, 0.15) is 11.9 Å². The van der Waals surface area contributed by atoms with Crippen LogP contribution in [0, 0.1) is 17.1 Å². The molecule has 0 saturated heterocycles. The minimum atomic E-state index is -4.76. The number of thiocarbonyl (C=S) groups is 1. The van der Waals surface area contributed by atoms with Gasteiger partial charge in [0.15, 0.2) is 10.8 Å². The Bertz CT molecular complexity index is 939. The molecule has 1 aromatic carbocycles. The Morgan fingerprint density at radius 2 is 1.89 bits per heavy atom. The van der Waals surface area contributed by atoms with Crippen LogP contribution in [0.2, 0.25) is 0 Å². The molecule has 27 heavy (non-hydrogen) atoms. The van der Waals surface area contributed by atoms with Gasteiger partial charge in [-0.15, -0.1) is 0 Å². The summed E-state index contributed by atoms with van der Waals surface area (Å²) in [6.45, 7) is 0. The number of hydrogen-bond acceptors (Lipinski definition) is 4. The van der Waals surface area contributed by atoms with Crippen molar-refractivity contribution in [2.75, 3.05) is 17.7 Å². The molecule has 1 amide bonds. The highest BCUT2D eigenvalue weighted by Crippen LogP contribution is 2.32. The largest absolute Gasteiger partial charge is 0.419 e. The number of carbonyl (C=O) groups is 1. The summed E-state index contributed by atoms with van der Waals surface area (Å²) in [5.74, 6) is -1.41. The molecule has 1 aromatic heterocycles. The van der Waals surface area contributed by atoms with Crippen LogP contribution in [0.4, 0.5) is 28.9 Å². The lowest BCUT2D eigenvalue weighted by Gasteiger charge is -2.13. The number of benzene rings is 1. The zero-order valence-corrected chi connectivity index (χ0v) is 14.4. The van der Waals surface area contributed by atoms with E-state index >= 15 is 0 Å². The van der Waals surface area contributed by atoms with E-state index in [1.165, 1.54) is 25.2 Å². The summed E-state index contributed by atoms with van der Waals surface area (Å²) in [7, 11) is 1.35. The smallest absolute Gasteiger partial charge is 0.355 e. The summed E-state index contributed by atoms with van der Waals surface area (Å²) in [5, 5.41) is 15.9. The molecule has 0 fully saturated rings. The summed E-state index contributed by atoms with van der Waals surface area (Å²) in [4.78, 5) is 14.9. The van der Waals surface area contributed by atoms with Crippen LogP contribution in [0.5, 0.6) is 0 Å². The number of amides is 1. The minimum Gasteiger partial charge on any atom is -0.355 e. The Labute approximate surface area is 156 Å². The van der Waals surface area contributed by atoms with E-state index in [0.717, 1.165) is 12.3 Å². The van der Waals surface area contributed by atoms with E-state index < -0.39 is 29.2 Å². The Morgan fingerprint density at radius 3 is 2.44 bits per heavy atom. The fraction of sp³-hybridized carbons (Fsp3) is 0.125. The van der Waals surface area contributed by atoms with Crippen LogP contribution < -0.4 is 16.0 Å². The standard InChI is InChI=1S/C16H11F4N5OS/c1-22-14(26)10-3-2-8(5-12(10)17)24-15(27)25-9-4-11(16(18,19)20)13(6-21)23-7-9/h2-5,7H,1H3,(H,22,26)(H2,24,25,27). The Morgan fingerprint density at radius 1 is 1.22 bits per heavy atom. The van der Waals surface area contributed by atoms with Crippen molar-refractivity contribution >= 4 is 34.6 Å². The molecule has 6 nitrogen and oxygen atoms in total. The second kappa shape index (κ2) is 7.96. The fourth-order valence-corrected chi connectivity index (χ4v) is 2.28. The zero-order valence-electron chi connectivity index (χ0n) is 13.6. The number of nitrogens with zero attached hydrogens (tertiary/aromatic N) is 2. The second-order valence-electron chi connectivity index (χ2n) is 5.08. The van der Waals surface area contributed by atoms with E-state index in [0.29, 0.717) is 6.07 Å². The predicted molar refractivity (Wildman–Crippen MR) is 93.6 cm³/mol. The molecular formula is C16H11F4N5OS. The van der Waals surface area contributed by atoms with Crippen molar-refractivity contribution in [1.82, 2.24) is 10.3 Å². The Kier molecular flexibility index (Phi) is 5.91. The number of nitriles is 1. The van der Waals surface area contributed by atoms with Gasteiger partial charge in [-0.1, -0.05) is 0 Å². The molecule has 1 heterocycles. The quantitative estimate of drug-likeness (QED) is 0.544. The van der Waals surface area contributed by atoms with E-state index in [-0.39, 0.29) is 22.1 Å². The van der Waals surface area contributed by atoms with Crippen molar-refractivity contribution in [2.24, 2.45) is 0 Å². The third kappa shape index (κ3) is 4.89. The molecule has 2 aromatic rings. The van der Waals surface area contributed by atoms with E-state index in [2.05, 4.69) is 20.9 Å². The van der Waals surface area contributed by atoms with Gasteiger partial charge in [0, 0.05) is 12.7 Å². The van der Waals surface area contributed by atoms with Crippen molar-refractivity contribution in [2.45, 2.75) is 6.18 Å². The van der Waals surface area contributed by atoms with E-state index in [4.69, 9.17) is 17.5 Å². The van der Waals surface area contributed by atoms with Gasteiger partial charge in [0.2, 0.25) is 0 Å². The van der Waals surface area contributed by atoms with Gasteiger partial charge < -0.3 is 16.0 Å². The van der Waals surface area contributed by atoms with E-state index in [1.54, 1.807) is 0 Å². The monoisotopic (exact) mass is 397 g/mol. The number of hydrogen-bond donors (Lipinski definition) is 3. The maximum Gasteiger partial charge on any atom is 0.419 e. The summed E-state index contributed by atoms with van der Waals surface area (Å²) in [6.07, 6.45) is -3.75. The lowest BCUT2D eigenvalue weighted by Crippen LogP contribution is -2.21. The number of aromatic nitrogens is 1. The summed E-state index contributed by atoms with van der Waals surface area (Å²) in [5.41, 5.74) is -2.08. The highest BCUT2D eigenvalue weighted by atomic mass is 32.1. The number of rotatable bonds is 3. The van der Waals surface area contributed by atoms with Crippen molar-refractivity contribution in [3.05, 3.63) is 53.1 Å². The molecule has 2 rings (SSSR count). The van der Waals surface area contributed by atoms with Gasteiger partial charge in [-0.05, 0) is 36.5 Å². The molecule has 3 N–H and O–H groups in total. The maximum absolute atomic E-state index is 13.9. The van der Waals surface area contributed by atoms with Gasteiger partial charge in [-0.3, -0.25) is 4.79 Å². The first-order valence-corrected chi connectivity index (χ1v) is 7.63. The molecule has 0 saturated carbocycles. The number of nitrogens with one attached hydrogen (secondary N) is 3. The molecule has 0 unspecified atom stereocenters. The molecule has 0 aliphatic heterocycles. The topological polar surface area (TPSA) is 89.8 Å². The molecule has 0 aliphatic carbocycles. The van der Waals surface area contributed by atoms with E-state index in [1.807, 2.05) is 0 Å². The molecule has 0 aliphatic rings. The van der Waals surface area contributed by atoms with Gasteiger partial charge in [-0.2, -0.15) is 18.4 Å². The number of halogens is 4. The molecule has 0 spiro atoms. The molecule has 11 heteroatoms. The number of pyridine rings is 1. The van der Waals surface area contributed by atoms with Gasteiger partial charge >= 0.3 is 6.18 Å². The maximum atomic E-state index is 13.9. The molecular weight excluding hydrogens is 386 g/mol. The number of carbonyl (C=O) groups excluding carboxylic acids is 1. The molecule has 0 radical (unpaired) electrons. The number of alkyl halides is 3. The summed E-state index contributed by atoms with van der Waals surface area (Å²) < 4.78 is 52.7. The van der Waals surface area contributed by atoms with Gasteiger partial charge in [-0.25, -0.2) is 9.37 Å². The van der Waals surface area contributed by atoms with Crippen LogP contribution in [0.1, 0.15) is 21.6 Å². The summed E-state index contributed by atoms with van der Waals surface area (Å²) >= 11 is 4.97. The third-order valence-corrected chi connectivity index (χ3v) is 3.46. The molecule has 0 atom stereocenters. The van der Waals surface area contributed by atoms with Crippen LogP contribution in [0.25, 0.3) is 0 Å². The third-order valence-electron chi connectivity index (χ3n) is 3.26. The first-order chi connectivity index (χ1) is 12.7. The number of anilines is 2. The lowest BCUT2D eigenvalue weighted by atomic mass is 10.2. The average molecular weight is 397 g/mol. The predicted octanol–water partition coefficient (Wildman–Crippen LogP) is 3.28. The first-order valence-electron chi connectivity index (χ1n) is 7.22. The average Bonchev–Trinajstić information content (AvgIpc) is 2.60. The molecule has 0 bridgehead atoms. The normalized spacial score (nSPS) is 10.7. The first kappa shape index (κ1) is 20.1. The van der Waals surface area contributed by atoms with Crippen molar-refractivity contribution in [3.63, 3.8) is 0 Å². The van der Waals surface area contributed by atoms with Gasteiger partial charge in [0.05, 0.1) is 23.0 Å². The van der Waals surface area contributed by atoms with Crippen LogP contribution >= 0.6 is 12.2 Å². The fourth-order valence-electron chi connectivity index (χ4n) is 2.04. The van der Waals surface area contributed by atoms with Crippen molar-refractivity contribution < 1.29 is 22.4 Å². The van der Waals surface area contributed by atoms with Crippen LogP contribution in [0.15, 0.2) is 30.5 Å². The van der Waals surface area contributed by atoms with Gasteiger partial charge in [0.25, 0.3) is 5.91 Å². The highest BCUT2D eigenvalue weighted by molar-refractivity contribution is 7.80. The van der Waals surface area contributed by atoms with Crippen LogP contribution in [0.3, 0.4) is 0 Å². The Hall–Kier alpha value is -3.26. The Balaban J connectivity index is 2.16. The van der Waals surface area contributed by atoms with Crippen molar-refractivity contribution in [1.29, 1.82) is 5.26 Å². The minimum absolute atomic E-state index is 0.110. The summed E-state index contributed by atoms with van der Waals surface area (Å²) in [6, 6.07) is 5.67. The van der Waals surface area contributed by atoms with E-state index in [9.17, 15) is 22.4 Å². The van der Waals surface area contributed by atoms with Crippen molar-refractivity contribution in [3.8, 4) is 6.07 Å². The van der Waals surface area contributed by atoms with Crippen LogP contribution in [-0.2, 0) is 6.18 Å². The lowest BCUT2D eigenvalue weighted by molar-refractivity contribution is -0.138. The van der Waals surface area contributed by atoms with Crippen LogP contribution in [-0.4, -0.2) is 23.1 Å². The second-order valence-corrected chi connectivity index (χ2v) is 5.49. The highest BCUT2D eigenvalue weighted by Gasteiger charge is 2.34. The SMILES string of the molecule is CNC(=O)c1ccc(NC(=S)Nc2cnc(C#N)c(C(F)(F)F)c2)cc1F.